The van der Waals surface area contributed by atoms with Crippen molar-refractivity contribution in [3.05, 3.63) is 50.6 Å². The standard InChI is InChI=1S/C22H20F2N2O4S3/c1-12-14(13-4-5-15(23)16(24)9-13)11-32-17(12)10-18-21(30)26(22(31)33-18)8-6-19(27)25-7-2-3-20(28)29/h4-5,9-11H,2-3,6-8H2,1H3,(H,25,27)(H,28,29)/b18-10-. The van der Waals surface area contributed by atoms with Crippen LogP contribution < -0.4 is 5.32 Å². The minimum absolute atomic E-state index is 0.0281. The van der Waals surface area contributed by atoms with Crippen molar-refractivity contribution in [1.29, 1.82) is 0 Å². The van der Waals surface area contributed by atoms with E-state index in [9.17, 15) is 23.2 Å². The molecule has 33 heavy (non-hydrogen) atoms. The molecule has 1 aromatic carbocycles. The fourth-order valence-electron chi connectivity index (χ4n) is 3.10. The number of carboxylic acids is 1. The molecular weight excluding hydrogens is 490 g/mol. The van der Waals surface area contributed by atoms with Crippen LogP contribution in [0.25, 0.3) is 17.2 Å². The third-order valence-electron chi connectivity index (χ3n) is 4.90. The Morgan fingerprint density at radius 2 is 2.00 bits per heavy atom. The highest BCUT2D eigenvalue weighted by atomic mass is 32.2. The molecule has 0 spiro atoms. The number of nitrogens with one attached hydrogen (secondary N) is 1. The number of carbonyl (C=O) groups is 3. The summed E-state index contributed by atoms with van der Waals surface area (Å²) >= 11 is 7.81. The predicted octanol–water partition coefficient (Wildman–Crippen LogP) is 4.57. The maximum absolute atomic E-state index is 13.6. The first-order valence-corrected chi connectivity index (χ1v) is 12.0. The van der Waals surface area contributed by atoms with Crippen molar-refractivity contribution >= 4 is 63.5 Å². The summed E-state index contributed by atoms with van der Waals surface area (Å²) in [5, 5.41) is 13.1. The summed E-state index contributed by atoms with van der Waals surface area (Å²) in [6.45, 7) is 2.21. The van der Waals surface area contributed by atoms with Crippen molar-refractivity contribution in [3.8, 4) is 11.1 Å². The molecule has 1 aromatic heterocycles. The molecule has 0 unspecified atom stereocenters. The van der Waals surface area contributed by atoms with Gasteiger partial charge in [-0.2, -0.15) is 0 Å². The minimum Gasteiger partial charge on any atom is -0.481 e. The van der Waals surface area contributed by atoms with E-state index in [-0.39, 0.29) is 37.7 Å². The molecule has 0 radical (unpaired) electrons. The summed E-state index contributed by atoms with van der Waals surface area (Å²) in [7, 11) is 0. The van der Waals surface area contributed by atoms with Crippen LogP contribution in [0.15, 0.2) is 28.5 Å². The Hall–Kier alpha value is -2.63. The van der Waals surface area contributed by atoms with Crippen LogP contribution in [0.3, 0.4) is 0 Å². The summed E-state index contributed by atoms with van der Waals surface area (Å²) in [6, 6.07) is 3.72. The number of carboxylic acid groups (broad SMARTS) is 1. The second-order valence-corrected chi connectivity index (χ2v) is 9.79. The first-order valence-electron chi connectivity index (χ1n) is 9.94. The van der Waals surface area contributed by atoms with Gasteiger partial charge in [0.1, 0.15) is 4.32 Å². The van der Waals surface area contributed by atoms with Crippen molar-refractivity contribution in [2.24, 2.45) is 0 Å². The Labute approximate surface area is 202 Å². The topological polar surface area (TPSA) is 86.7 Å². The average molecular weight is 511 g/mol. The monoisotopic (exact) mass is 510 g/mol. The summed E-state index contributed by atoms with van der Waals surface area (Å²) in [5.41, 5.74) is 2.13. The lowest BCUT2D eigenvalue weighted by Gasteiger charge is -2.14. The fourth-order valence-corrected chi connectivity index (χ4v) is 5.50. The van der Waals surface area contributed by atoms with Crippen molar-refractivity contribution < 1.29 is 28.3 Å². The summed E-state index contributed by atoms with van der Waals surface area (Å²) in [4.78, 5) is 37.8. The Balaban J connectivity index is 1.64. The molecule has 2 amide bonds. The zero-order chi connectivity index (χ0) is 24.1. The number of aliphatic carboxylic acids is 1. The first-order chi connectivity index (χ1) is 15.7. The van der Waals surface area contributed by atoms with Gasteiger partial charge in [-0.15, -0.1) is 11.3 Å². The lowest BCUT2D eigenvalue weighted by molar-refractivity contribution is -0.137. The number of benzene rings is 1. The number of thiophene rings is 1. The third-order valence-corrected chi connectivity index (χ3v) is 7.31. The second-order valence-electron chi connectivity index (χ2n) is 7.20. The van der Waals surface area contributed by atoms with Crippen LogP contribution in [0.2, 0.25) is 0 Å². The number of halogens is 2. The van der Waals surface area contributed by atoms with E-state index in [1.54, 1.807) is 6.08 Å². The summed E-state index contributed by atoms with van der Waals surface area (Å²) in [6.07, 6.45) is 2.07. The molecule has 0 aliphatic carbocycles. The Bertz CT molecular complexity index is 1150. The highest BCUT2D eigenvalue weighted by molar-refractivity contribution is 8.26. The van der Waals surface area contributed by atoms with Crippen molar-refractivity contribution in [3.63, 3.8) is 0 Å². The summed E-state index contributed by atoms with van der Waals surface area (Å²) < 4.78 is 27.2. The molecule has 2 aromatic rings. The van der Waals surface area contributed by atoms with Crippen LogP contribution in [0, 0.1) is 18.6 Å². The van der Waals surface area contributed by atoms with E-state index in [0.717, 1.165) is 39.9 Å². The second kappa shape index (κ2) is 11.0. The van der Waals surface area contributed by atoms with Crippen LogP contribution in [-0.2, 0) is 14.4 Å². The van der Waals surface area contributed by atoms with Gasteiger partial charge >= 0.3 is 5.97 Å². The van der Waals surface area contributed by atoms with Gasteiger partial charge in [-0.1, -0.05) is 30.0 Å². The van der Waals surface area contributed by atoms with Gasteiger partial charge in [0, 0.05) is 30.8 Å². The molecule has 11 heteroatoms. The molecule has 1 aliphatic heterocycles. The van der Waals surface area contributed by atoms with Gasteiger partial charge in [0.2, 0.25) is 5.91 Å². The molecule has 0 atom stereocenters. The number of thioether (sulfide) groups is 1. The molecule has 2 N–H and O–H groups in total. The van der Waals surface area contributed by atoms with Crippen LogP contribution in [-0.4, -0.2) is 45.2 Å². The van der Waals surface area contributed by atoms with E-state index in [0.29, 0.717) is 21.2 Å². The molecule has 1 aliphatic rings. The Morgan fingerprint density at radius 3 is 2.70 bits per heavy atom. The predicted molar refractivity (Wildman–Crippen MR) is 129 cm³/mol. The molecule has 174 valence electrons. The Morgan fingerprint density at radius 1 is 1.24 bits per heavy atom. The van der Waals surface area contributed by atoms with Crippen LogP contribution in [0.4, 0.5) is 8.78 Å². The van der Waals surface area contributed by atoms with E-state index in [2.05, 4.69) is 5.32 Å². The minimum atomic E-state index is -0.925. The number of thiocarbonyl (C=S) groups is 1. The van der Waals surface area contributed by atoms with Crippen LogP contribution >= 0.6 is 35.3 Å². The Kier molecular flexibility index (Phi) is 8.33. The maximum atomic E-state index is 13.6. The van der Waals surface area contributed by atoms with Gasteiger partial charge in [-0.3, -0.25) is 19.3 Å². The largest absolute Gasteiger partial charge is 0.481 e. The molecule has 3 rings (SSSR count). The van der Waals surface area contributed by atoms with Crippen LogP contribution in [0.1, 0.15) is 29.7 Å². The van der Waals surface area contributed by atoms with E-state index in [1.165, 1.54) is 22.3 Å². The van der Waals surface area contributed by atoms with Gasteiger partial charge < -0.3 is 10.4 Å². The van der Waals surface area contributed by atoms with Gasteiger partial charge in [0.25, 0.3) is 5.91 Å². The van der Waals surface area contributed by atoms with Gasteiger partial charge in [0.05, 0.1) is 4.91 Å². The van der Waals surface area contributed by atoms with Gasteiger partial charge in [-0.25, -0.2) is 8.78 Å². The van der Waals surface area contributed by atoms with Crippen molar-refractivity contribution in [1.82, 2.24) is 10.2 Å². The number of hydrogen-bond donors (Lipinski definition) is 2. The first kappa shape index (κ1) is 25.0. The quantitative estimate of drug-likeness (QED) is 0.292. The molecule has 1 saturated heterocycles. The van der Waals surface area contributed by atoms with Gasteiger partial charge in [-0.05, 0) is 53.6 Å². The van der Waals surface area contributed by atoms with E-state index >= 15 is 0 Å². The molecule has 1 fully saturated rings. The number of amides is 2. The lowest BCUT2D eigenvalue weighted by atomic mass is 10.0. The smallest absolute Gasteiger partial charge is 0.303 e. The molecular formula is C22H20F2N2O4S3. The van der Waals surface area contributed by atoms with E-state index < -0.39 is 17.6 Å². The number of hydrogen-bond acceptors (Lipinski definition) is 6. The average Bonchev–Trinajstić information content (AvgIpc) is 3.25. The third kappa shape index (κ3) is 6.24. The highest BCUT2D eigenvalue weighted by Gasteiger charge is 2.32. The SMILES string of the molecule is Cc1c(-c2ccc(F)c(F)c2)csc1/C=C1\SC(=S)N(CCC(=O)NCCCC(=O)O)C1=O. The molecule has 0 saturated carbocycles. The molecule has 0 bridgehead atoms. The van der Waals surface area contributed by atoms with E-state index in [1.807, 2.05) is 12.3 Å². The maximum Gasteiger partial charge on any atom is 0.303 e. The number of nitrogens with zero attached hydrogens (tertiary/aromatic N) is 1. The molecule has 6 nitrogen and oxygen atoms in total. The number of rotatable bonds is 9. The van der Waals surface area contributed by atoms with Crippen molar-refractivity contribution in [2.75, 3.05) is 13.1 Å². The summed E-state index contributed by atoms with van der Waals surface area (Å²) in [5.74, 6) is -3.35. The fraction of sp³-hybridized carbons (Fsp3) is 0.273. The number of carbonyl (C=O) groups excluding carboxylic acids is 2. The highest BCUT2D eigenvalue weighted by Crippen LogP contribution is 2.37. The lowest BCUT2D eigenvalue weighted by Crippen LogP contribution is -2.33. The molecule has 2 heterocycles. The van der Waals surface area contributed by atoms with Crippen LogP contribution in [0.5, 0.6) is 0 Å². The van der Waals surface area contributed by atoms with Crippen molar-refractivity contribution in [2.45, 2.75) is 26.2 Å². The van der Waals surface area contributed by atoms with E-state index in [4.69, 9.17) is 17.3 Å². The van der Waals surface area contributed by atoms with Gasteiger partial charge in [0.15, 0.2) is 11.6 Å². The zero-order valence-electron chi connectivity index (χ0n) is 17.5. The normalized spacial score (nSPS) is 14.9. The zero-order valence-corrected chi connectivity index (χ0v) is 20.0.